The summed E-state index contributed by atoms with van der Waals surface area (Å²) < 4.78 is 0. The van der Waals surface area contributed by atoms with E-state index < -0.39 is 0 Å². The summed E-state index contributed by atoms with van der Waals surface area (Å²) in [5.74, 6) is 0.818. The standard InChI is InChI=1S/C12H21NS/c1-3-6-11(10-13-4-2)9-12-7-5-8-14-12/h5,7-8,11,13H,3-4,6,9-10H2,1-2H3. The van der Waals surface area contributed by atoms with Gasteiger partial charge in [0.05, 0.1) is 0 Å². The van der Waals surface area contributed by atoms with E-state index in [0.29, 0.717) is 0 Å². The highest BCUT2D eigenvalue weighted by molar-refractivity contribution is 7.09. The first kappa shape index (κ1) is 11.7. The molecule has 1 aromatic heterocycles. The van der Waals surface area contributed by atoms with Crippen molar-refractivity contribution in [3.8, 4) is 0 Å². The maximum atomic E-state index is 3.45. The third-order valence-corrected chi connectivity index (χ3v) is 3.35. The van der Waals surface area contributed by atoms with E-state index in [2.05, 4.69) is 36.7 Å². The molecule has 1 unspecified atom stereocenters. The number of rotatable bonds is 7. The maximum absolute atomic E-state index is 3.45. The van der Waals surface area contributed by atoms with Gasteiger partial charge in [0.25, 0.3) is 0 Å². The summed E-state index contributed by atoms with van der Waals surface area (Å²) in [4.78, 5) is 1.53. The number of nitrogens with one attached hydrogen (secondary N) is 1. The lowest BCUT2D eigenvalue weighted by Gasteiger charge is -2.15. The molecule has 0 radical (unpaired) electrons. The molecule has 1 nitrogen and oxygen atoms in total. The summed E-state index contributed by atoms with van der Waals surface area (Å²) in [6.07, 6.45) is 3.88. The molecule has 1 N–H and O–H groups in total. The zero-order valence-corrected chi connectivity index (χ0v) is 10.1. The Morgan fingerprint density at radius 1 is 1.43 bits per heavy atom. The first-order valence-electron chi connectivity index (χ1n) is 5.59. The predicted octanol–water partition coefficient (Wildman–Crippen LogP) is 3.32. The lowest BCUT2D eigenvalue weighted by atomic mass is 9.99. The Balaban J connectivity index is 2.34. The number of thiophene rings is 1. The van der Waals surface area contributed by atoms with Crippen LogP contribution in [-0.2, 0) is 6.42 Å². The Kier molecular flexibility index (Phi) is 5.88. The topological polar surface area (TPSA) is 12.0 Å². The average molecular weight is 211 g/mol. The minimum atomic E-state index is 0.818. The fraction of sp³-hybridized carbons (Fsp3) is 0.667. The van der Waals surface area contributed by atoms with Gasteiger partial charge in [0.1, 0.15) is 0 Å². The molecule has 1 atom stereocenters. The fourth-order valence-electron chi connectivity index (χ4n) is 1.75. The van der Waals surface area contributed by atoms with Gasteiger partial charge in [0.2, 0.25) is 0 Å². The molecule has 80 valence electrons. The summed E-state index contributed by atoms with van der Waals surface area (Å²) in [6.45, 7) is 6.70. The summed E-state index contributed by atoms with van der Waals surface area (Å²) in [6, 6.07) is 4.40. The van der Waals surface area contributed by atoms with Gasteiger partial charge in [-0.2, -0.15) is 0 Å². The molecule has 1 heterocycles. The van der Waals surface area contributed by atoms with Crippen molar-refractivity contribution in [2.45, 2.75) is 33.1 Å². The Hall–Kier alpha value is -0.340. The first-order chi connectivity index (χ1) is 6.86. The zero-order chi connectivity index (χ0) is 10.2. The molecule has 0 saturated carbocycles. The average Bonchev–Trinajstić information content (AvgIpc) is 2.67. The highest BCUT2D eigenvalue weighted by Crippen LogP contribution is 2.17. The van der Waals surface area contributed by atoms with Crippen LogP contribution in [0.1, 0.15) is 31.6 Å². The van der Waals surface area contributed by atoms with E-state index in [-0.39, 0.29) is 0 Å². The van der Waals surface area contributed by atoms with Crippen molar-refractivity contribution in [3.05, 3.63) is 22.4 Å². The highest BCUT2D eigenvalue weighted by Gasteiger charge is 2.08. The molecule has 0 spiro atoms. The normalized spacial score (nSPS) is 13.0. The second-order valence-corrected chi connectivity index (χ2v) is 4.78. The molecule has 0 aliphatic heterocycles. The quantitative estimate of drug-likeness (QED) is 0.729. The highest BCUT2D eigenvalue weighted by atomic mass is 32.1. The third-order valence-electron chi connectivity index (χ3n) is 2.45. The van der Waals surface area contributed by atoms with Crippen LogP contribution in [0.3, 0.4) is 0 Å². The molecule has 0 aliphatic carbocycles. The second-order valence-electron chi connectivity index (χ2n) is 3.75. The molecule has 0 saturated heterocycles. The second kappa shape index (κ2) is 7.02. The van der Waals surface area contributed by atoms with Crippen molar-refractivity contribution >= 4 is 11.3 Å². The smallest absolute Gasteiger partial charge is 0.00484 e. The molecular formula is C12H21NS. The van der Waals surface area contributed by atoms with Gasteiger partial charge in [-0.05, 0) is 43.3 Å². The zero-order valence-electron chi connectivity index (χ0n) is 9.25. The molecule has 2 heteroatoms. The van der Waals surface area contributed by atoms with Crippen LogP contribution in [0.25, 0.3) is 0 Å². The Morgan fingerprint density at radius 3 is 2.86 bits per heavy atom. The van der Waals surface area contributed by atoms with E-state index in [4.69, 9.17) is 0 Å². The monoisotopic (exact) mass is 211 g/mol. The Labute approximate surface area is 91.5 Å². The molecular weight excluding hydrogens is 190 g/mol. The van der Waals surface area contributed by atoms with Gasteiger partial charge in [-0.15, -0.1) is 11.3 Å². The Morgan fingerprint density at radius 2 is 2.29 bits per heavy atom. The largest absolute Gasteiger partial charge is 0.317 e. The number of hydrogen-bond donors (Lipinski definition) is 1. The van der Waals surface area contributed by atoms with Gasteiger partial charge < -0.3 is 5.32 Å². The minimum absolute atomic E-state index is 0.818. The summed E-state index contributed by atoms with van der Waals surface area (Å²) >= 11 is 1.88. The van der Waals surface area contributed by atoms with Crippen LogP contribution < -0.4 is 5.32 Å². The van der Waals surface area contributed by atoms with Crippen LogP contribution >= 0.6 is 11.3 Å². The van der Waals surface area contributed by atoms with Crippen molar-refractivity contribution < 1.29 is 0 Å². The van der Waals surface area contributed by atoms with Crippen LogP contribution in [0, 0.1) is 5.92 Å². The summed E-state index contributed by atoms with van der Waals surface area (Å²) in [7, 11) is 0. The summed E-state index contributed by atoms with van der Waals surface area (Å²) in [5, 5.41) is 5.62. The molecule has 1 aromatic rings. The van der Waals surface area contributed by atoms with Gasteiger partial charge in [-0.1, -0.05) is 26.3 Å². The maximum Gasteiger partial charge on any atom is 0.00484 e. The lowest BCUT2D eigenvalue weighted by molar-refractivity contribution is 0.447. The number of hydrogen-bond acceptors (Lipinski definition) is 2. The molecule has 14 heavy (non-hydrogen) atoms. The van der Waals surface area contributed by atoms with E-state index in [1.54, 1.807) is 0 Å². The van der Waals surface area contributed by atoms with Gasteiger partial charge in [0, 0.05) is 4.88 Å². The van der Waals surface area contributed by atoms with Crippen LogP contribution in [0.2, 0.25) is 0 Å². The fourth-order valence-corrected chi connectivity index (χ4v) is 2.57. The Bertz CT molecular complexity index is 218. The molecule has 0 aromatic carbocycles. The van der Waals surface area contributed by atoms with Crippen molar-refractivity contribution in [2.24, 2.45) is 5.92 Å². The van der Waals surface area contributed by atoms with Gasteiger partial charge in [-0.3, -0.25) is 0 Å². The molecule has 0 aliphatic rings. The van der Waals surface area contributed by atoms with Crippen molar-refractivity contribution in [2.75, 3.05) is 13.1 Å². The van der Waals surface area contributed by atoms with Crippen LogP contribution in [0.4, 0.5) is 0 Å². The molecule has 0 amide bonds. The first-order valence-corrected chi connectivity index (χ1v) is 6.47. The lowest BCUT2D eigenvalue weighted by Crippen LogP contribution is -2.23. The minimum Gasteiger partial charge on any atom is -0.317 e. The molecule has 1 rings (SSSR count). The van der Waals surface area contributed by atoms with Gasteiger partial charge in [0.15, 0.2) is 0 Å². The van der Waals surface area contributed by atoms with Crippen LogP contribution in [0.15, 0.2) is 17.5 Å². The molecule has 0 bridgehead atoms. The van der Waals surface area contributed by atoms with E-state index in [1.807, 2.05) is 11.3 Å². The third kappa shape index (κ3) is 4.25. The van der Waals surface area contributed by atoms with E-state index in [0.717, 1.165) is 12.5 Å². The van der Waals surface area contributed by atoms with Crippen molar-refractivity contribution in [1.82, 2.24) is 5.32 Å². The van der Waals surface area contributed by atoms with E-state index >= 15 is 0 Å². The van der Waals surface area contributed by atoms with Crippen molar-refractivity contribution in [1.29, 1.82) is 0 Å². The predicted molar refractivity (Wildman–Crippen MR) is 65.0 cm³/mol. The van der Waals surface area contributed by atoms with E-state index in [1.165, 1.54) is 30.7 Å². The van der Waals surface area contributed by atoms with Gasteiger partial charge >= 0.3 is 0 Å². The van der Waals surface area contributed by atoms with Crippen LogP contribution in [0.5, 0.6) is 0 Å². The van der Waals surface area contributed by atoms with Gasteiger partial charge in [-0.25, -0.2) is 0 Å². The SMILES string of the molecule is CCCC(CNCC)Cc1cccs1. The van der Waals surface area contributed by atoms with E-state index in [9.17, 15) is 0 Å². The van der Waals surface area contributed by atoms with Crippen molar-refractivity contribution in [3.63, 3.8) is 0 Å². The summed E-state index contributed by atoms with van der Waals surface area (Å²) in [5.41, 5.74) is 0. The molecule has 0 fully saturated rings. The van der Waals surface area contributed by atoms with Crippen LogP contribution in [-0.4, -0.2) is 13.1 Å².